The summed E-state index contributed by atoms with van der Waals surface area (Å²) in [6.45, 7) is 3.75. The molecule has 1 unspecified atom stereocenters. The van der Waals surface area contributed by atoms with E-state index >= 15 is 0 Å². The average Bonchev–Trinajstić information content (AvgIpc) is 3.24. The minimum atomic E-state index is -0.870. The van der Waals surface area contributed by atoms with Crippen molar-refractivity contribution in [2.24, 2.45) is 0 Å². The van der Waals surface area contributed by atoms with Gasteiger partial charge in [0.05, 0.1) is 24.8 Å². The predicted molar refractivity (Wildman–Crippen MR) is 147 cm³/mol. The molecule has 0 bridgehead atoms. The first-order valence-corrected chi connectivity index (χ1v) is 13.1. The van der Waals surface area contributed by atoms with Crippen molar-refractivity contribution in [2.45, 2.75) is 19.6 Å². The number of ether oxygens (including phenoxy) is 5. The third-order valence-electron chi connectivity index (χ3n) is 6.71. The number of nitrogens with zero attached hydrogens (tertiary/aromatic N) is 1. The standard InChI is InChI=1S/C31H31NO8/c1-3-37-25-17-21(9-11-24(25)40-19-20-7-5-4-6-8-20)28-27(30(34)31(35)32(28)13-14-36-2)29(33)22-10-12-23-26(18-22)39-16-15-38-23/h4-12,17-18,28,33H,3,13-16,19H2,1-2H3. The maximum Gasteiger partial charge on any atom is 0.295 e. The molecule has 1 atom stereocenters. The molecule has 1 amide bonds. The van der Waals surface area contributed by atoms with Gasteiger partial charge in [0.25, 0.3) is 11.7 Å². The van der Waals surface area contributed by atoms with E-state index in [4.69, 9.17) is 23.7 Å². The third-order valence-corrected chi connectivity index (χ3v) is 6.71. The van der Waals surface area contributed by atoms with Crippen LogP contribution in [0, 0.1) is 0 Å². The Morgan fingerprint density at radius 2 is 1.73 bits per heavy atom. The number of aliphatic hydroxyl groups excluding tert-OH is 1. The van der Waals surface area contributed by atoms with Crippen LogP contribution in [0.25, 0.3) is 5.76 Å². The van der Waals surface area contributed by atoms with Crippen LogP contribution in [0.5, 0.6) is 23.0 Å². The summed E-state index contributed by atoms with van der Waals surface area (Å²) in [4.78, 5) is 27.9. The Morgan fingerprint density at radius 1 is 0.950 bits per heavy atom. The van der Waals surface area contributed by atoms with Crippen LogP contribution in [0.2, 0.25) is 0 Å². The number of hydrogen-bond donors (Lipinski definition) is 1. The molecule has 1 N–H and O–H groups in total. The molecule has 9 nitrogen and oxygen atoms in total. The van der Waals surface area contributed by atoms with Gasteiger partial charge in [-0.3, -0.25) is 9.59 Å². The number of benzene rings is 3. The van der Waals surface area contributed by atoms with E-state index in [9.17, 15) is 14.7 Å². The van der Waals surface area contributed by atoms with Crippen LogP contribution in [0.1, 0.15) is 29.7 Å². The second-order valence-corrected chi connectivity index (χ2v) is 9.26. The molecular formula is C31H31NO8. The van der Waals surface area contributed by atoms with Crippen LogP contribution >= 0.6 is 0 Å². The van der Waals surface area contributed by atoms with Gasteiger partial charge < -0.3 is 33.7 Å². The summed E-state index contributed by atoms with van der Waals surface area (Å²) in [7, 11) is 1.52. The molecule has 2 heterocycles. The Kier molecular flexibility index (Phi) is 8.21. The van der Waals surface area contributed by atoms with Crippen LogP contribution in [0.3, 0.4) is 0 Å². The van der Waals surface area contributed by atoms with Gasteiger partial charge in [-0.05, 0) is 48.4 Å². The number of hydrogen-bond acceptors (Lipinski definition) is 8. The maximum atomic E-state index is 13.3. The first-order chi connectivity index (χ1) is 19.5. The first-order valence-electron chi connectivity index (χ1n) is 13.1. The maximum absolute atomic E-state index is 13.3. The summed E-state index contributed by atoms with van der Waals surface area (Å²) >= 11 is 0. The lowest BCUT2D eigenvalue weighted by Gasteiger charge is -2.26. The van der Waals surface area contributed by atoms with Crippen molar-refractivity contribution in [1.82, 2.24) is 4.90 Å². The van der Waals surface area contributed by atoms with E-state index < -0.39 is 17.7 Å². The van der Waals surface area contributed by atoms with E-state index in [0.29, 0.717) is 60.6 Å². The fourth-order valence-corrected chi connectivity index (χ4v) is 4.81. The van der Waals surface area contributed by atoms with Crippen molar-refractivity contribution < 1.29 is 38.4 Å². The molecule has 0 radical (unpaired) electrons. The molecule has 0 spiro atoms. The summed E-state index contributed by atoms with van der Waals surface area (Å²) in [6.07, 6.45) is 0. The molecule has 3 aromatic carbocycles. The van der Waals surface area contributed by atoms with E-state index in [2.05, 4.69) is 0 Å². The minimum Gasteiger partial charge on any atom is -0.507 e. The van der Waals surface area contributed by atoms with Crippen molar-refractivity contribution in [1.29, 1.82) is 0 Å². The molecule has 5 rings (SSSR count). The molecule has 1 saturated heterocycles. The fraction of sp³-hybridized carbons (Fsp3) is 0.290. The molecular weight excluding hydrogens is 514 g/mol. The number of aliphatic hydroxyl groups is 1. The number of likely N-dealkylation sites (tertiary alicyclic amines) is 1. The Balaban J connectivity index is 1.55. The lowest BCUT2D eigenvalue weighted by atomic mass is 9.94. The molecule has 0 aromatic heterocycles. The normalized spacial score (nSPS) is 17.6. The number of carbonyl (C=O) groups is 2. The highest BCUT2D eigenvalue weighted by Gasteiger charge is 2.46. The molecule has 208 valence electrons. The number of ketones is 1. The van der Waals surface area contributed by atoms with E-state index in [-0.39, 0.29) is 24.5 Å². The molecule has 1 fully saturated rings. The van der Waals surface area contributed by atoms with Crippen molar-refractivity contribution in [3.05, 3.63) is 89.0 Å². The van der Waals surface area contributed by atoms with Crippen LogP contribution in [0.15, 0.2) is 72.3 Å². The molecule has 2 aliphatic rings. The molecule has 0 aliphatic carbocycles. The van der Waals surface area contributed by atoms with Gasteiger partial charge in [-0.1, -0.05) is 36.4 Å². The van der Waals surface area contributed by atoms with Gasteiger partial charge >= 0.3 is 0 Å². The summed E-state index contributed by atoms with van der Waals surface area (Å²) in [5, 5.41) is 11.4. The lowest BCUT2D eigenvalue weighted by molar-refractivity contribution is -0.140. The Morgan fingerprint density at radius 3 is 2.48 bits per heavy atom. The third kappa shape index (κ3) is 5.46. The van der Waals surface area contributed by atoms with Gasteiger partial charge in [0.1, 0.15) is 25.6 Å². The number of amides is 1. The summed E-state index contributed by atoms with van der Waals surface area (Å²) in [6, 6.07) is 19.1. The SMILES string of the molecule is CCOc1cc(C2C(=C(O)c3ccc4c(c3)OCCO4)C(=O)C(=O)N2CCOC)ccc1OCc1ccccc1. The summed E-state index contributed by atoms with van der Waals surface area (Å²) in [5.41, 5.74) is 1.90. The van der Waals surface area contributed by atoms with Gasteiger partial charge in [-0.25, -0.2) is 0 Å². The van der Waals surface area contributed by atoms with Crippen molar-refractivity contribution >= 4 is 17.4 Å². The van der Waals surface area contributed by atoms with Crippen LogP contribution < -0.4 is 18.9 Å². The quantitative estimate of drug-likeness (QED) is 0.226. The van der Waals surface area contributed by atoms with Gasteiger partial charge in [0.2, 0.25) is 0 Å². The van der Waals surface area contributed by atoms with E-state index in [0.717, 1.165) is 5.56 Å². The predicted octanol–water partition coefficient (Wildman–Crippen LogP) is 4.50. The zero-order valence-corrected chi connectivity index (χ0v) is 22.4. The Hall–Kier alpha value is -4.50. The fourth-order valence-electron chi connectivity index (χ4n) is 4.81. The number of methoxy groups -OCH3 is 1. The number of fused-ring (bicyclic) bond motifs is 1. The number of Topliss-reactive ketones (excluding diaryl/α,β-unsaturated/α-hetero) is 1. The van der Waals surface area contributed by atoms with Crippen molar-refractivity contribution in [3.63, 3.8) is 0 Å². The van der Waals surface area contributed by atoms with E-state index in [1.165, 1.54) is 12.0 Å². The lowest BCUT2D eigenvalue weighted by Crippen LogP contribution is -2.32. The van der Waals surface area contributed by atoms with Crippen molar-refractivity contribution in [2.75, 3.05) is 40.1 Å². The monoisotopic (exact) mass is 545 g/mol. The highest BCUT2D eigenvalue weighted by Crippen LogP contribution is 2.43. The smallest absolute Gasteiger partial charge is 0.295 e. The Bertz CT molecular complexity index is 1420. The molecule has 2 aliphatic heterocycles. The summed E-state index contributed by atoms with van der Waals surface area (Å²) < 4.78 is 28.4. The topological polar surface area (TPSA) is 104 Å². The average molecular weight is 546 g/mol. The van der Waals surface area contributed by atoms with E-state index in [1.807, 2.05) is 37.3 Å². The van der Waals surface area contributed by atoms with Gasteiger partial charge in [-0.2, -0.15) is 0 Å². The first kappa shape index (κ1) is 27.1. The largest absolute Gasteiger partial charge is 0.507 e. The van der Waals surface area contributed by atoms with Gasteiger partial charge in [0.15, 0.2) is 23.0 Å². The highest BCUT2D eigenvalue weighted by atomic mass is 16.6. The van der Waals surface area contributed by atoms with Crippen LogP contribution in [-0.4, -0.2) is 61.8 Å². The number of carbonyl (C=O) groups excluding carboxylic acids is 2. The molecule has 3 aromatic rings. The zero-order valence-electron chi connectivity index (χ0n) is 22.4. The van der Waals surface area contributed by atoms with Crippen LogP contribution in [0.4, 0.5) is 0 Å². The van der Waals surface area contributed by atoms with Gasteiger partial charge in [-0.15, -0.1) is 0 Å². The number of rotatable bonds is 10. The van der Waals surface area contributed by atoms with Gasteiger partial charge in [0, 0.05) is 19.2 Å². The summed E-state index contributed by atoms with van der Waals surface area (Å²) in [5.74, 6) is 0.191. The van der Waals surface area contributed by atoms with Crippen molar-refractivity contribution in [3.8, 4) is 23.0 Å². The van der Waals surface area contributed by atoms with Crippen LogP contribution in [-0.2, 0) is 20.9 Å². The van der Waals surface area contributed by atoms with E-state index in [1.54, 1.807) is 36.4 Å². The second-order valence-electron chi connectivity index (χ2n) is 9.26. The molecule has 9 heteroatoms. The second kappa shape index (κ2) is 12.1. The molecule has 0 saturated carbocycles. The minimum absolute atomic E-state index is 0.0295. The molecule has 40 heavy (non-hydrogen) atoms. The zero-order chi connectivity index (χ0) is 28.1. The highest BCUT2D eigenvalue weighted by molar-refractivity contribution is 6.46. The Labute approximate surface area is 232 Å².